The highest BCUT2D eigenvalue weighted by Crippen LogP contribution is 2.54. The lowest BCUT2D eigenvalue weighted by Gasteiger charge is -2.46. The van der Waals surface area contributed by atoms with Crippen molar-refractivity contribution in [3.63, 3.8) is 0 Å². The smallest absolute Gasteiger partial charge is 0.415 e. The van der Waals surface area contributed by atoms with Crippen molar-refractivity contribution >= 4 is 22.2 Å². The van der Waals surface area contributed by atoms with Gasteiger partial charge in [-0.05, 0) is 76.5 Å². The Balaban J connectivity index is 2.12. The third-order valence-corrected chi connectivity index (χ3v) is 7.48. The van der Waals surface area contributed by atoms with Crippen LogP contribution in [0.25, 0.3) is 0 Å². The summed E-state index contributed by atoms with van der Waals surface area (Å²) < 4.78 is 71.7. The second-order valence-corrected chi connectivity index (χ2v) is 14.5. The summed E-state index contributed by atoms with van der Waals surface area (Å²) in [5.41, 5.74) is -0.949. The van der Waals surface area contributed by atoms with Crippen LogP contribution in [0.4, 0.5) is 13.6 Å². The number of rotatable bonds is 6. The number of allylic oxidation sites excluding steroid dienone is 2. The van der Waals surface area contributed by atoms with Crippen molar-refractivity contribution in [1.29, 1.82) is 0 Å². The fourth-order valence-corrected chi connectivity index (χ4v) is 5.71. The second kappa shape index (κ2) is 12.5. The number of amides is 1. The Hall–Kier alpha value is -3.91. The number of carbonyl (C=O) groups is 2. The summed E-state index contributed by atoms with van der Waals surface area (Å²) >= 11 is 0. The molecule has 0 fully saturated rings. The van der Waals surface area contributed by atoms with Crippen LogP contribution in [0.15, 0.2) is 65.4 Å². The SMILES string of the molecule is Cn1ncnc1C1/C(=C\COS(C)(=O)=O)C2=C(C=C(F)CC2C(=O)OC(C)(C)C)N(C(=O)OC(C)(C)C)C1c1ccc(F)cc1. The van der Waals surface area contributed by atoms with Gasteiger partial charge in [-0.1, -0.05) is 18.2 Å². The summed E-state index contributed by atoms with van der Waals surface area (Å²) in [4.78, 5) is 33.6. The lowest BCUT2D eigenvalue weighted by molar-refractivity contribution is -0.158. The Labute approximate surface area is 261 Å². The van der Waals surface area contributed by atoms with E-state index in [4.69, 9.17) is 13.7 Å². The number of carbonyl (C=O) groups excluding carboxylic acids is 2. The largest absolute Gasteiger partial charge is 0.459 e. The van der Waals surface area contributed by atoms with Crippen LogP contribution in [0.1, 0.15) is 71.3 Å². The van der Waals surface area contributed by atoms with Crippen molar-refractivity contribution in [3.05, 3.63) is 82.6 Å². The van der Waals surface area contributed by atoms with Gasteiger partial charge in [-0.3, -0.25) is 18.6 Å². The minimum atomic E-state index is -3.89. The van der Waals surface area contributed by atoms with Gasteiger partial charge in [-0.25, -0.2) is 18.6 Å². The van der Waals surface area contributed by atoms with E-state index in [0.717, 1.165) is 12.3 Å². The average molecular weight is 649 g/mol. The molecule has 2 aliphatic rings. The van der Waals surface area contributed by atoms with Crippen molar-refractivity contribution in [3.8, 4) is 0 Å². The molecular weight excluding hydrogens is 610 g/mol. The van der Waals surface area contributed by atoms with Crippen LogP contribution in [-0.4, -0.2) is 64.2 Å². The molecule has 0 saturated carbocycles. The number of ether oxygens (including phenoxy) is 2. The molecule has 0 saturated heterocycles. The lowest BCUT2D eigenvalue weighted by atomic mass is 9.71. The molecule has 3 atom stereocenters. The quantitative estimate of drug-likeness (QED) is 0.299. The van der Waals surface area contributed by atoms with Gasteiger partial charge in [0.15, 0.2) is 0 Å². The third kappa shape index (κ3) is 8.03. The van der Waals surface area contributed by atoms with Gasteiger partial charge < -0.3 is 9.47 Å². The first-order valence-electron chi connectivity index (χ1n) is 14.3. The molecule has 1 aliphatic carbocycles. The summed E-state index contributed by atoms with van der Waals surface area (Å²) in [6, 6.07) is 4.35. The highest BCUT2D eigenvalue weighted by molar-refractivity contribution is 7.86. The molecule has 244 valence electrons. The van der Waals surface area contributed by atoms with E-state index >= 15 is 4.39 Å². The first kappa shape index (κ1) is 34.0. The summed E-state index contributed by atoms with van der Waals surface area (Å²) in [7, 11) is -2.27. The fourth-order valence-electron chi connectivity index (χ4n) is 5.40. The van der Waals surface area contributed by atoms with Crippen LogP contribution in [0.3, 0.4) is 0 Å². The summed E-state index contributed by atoms with van der Waals surface area (Å²) in [6.07, 6.45) is 3.56. The predicted octanol–water partition coefficient (Wildman–Crippen LogP) is 5.40. The molecule has 1 amide bonds. The molecule has 1 aliphatic heterocycles. The Kier molecular flexibility index (Phi) is 9.41. The molecule has 45 heavy (non-hydrogen) atoms. The standard InChI is InChI=1S/C31H38F2N4O7S/c1-30(2,3)43-28(38)22-15-20(33)16-23-24(22)21(13-14-42-45(8,40)41)25(27-34-17-35-36(27)7)26(18-9-11-19(32)12-10-18)37(23)29(39)44-31(4,5)6/h9-13,16-17,22,25-26H,14-15H2,1-8H3/b21-13-. The molecule has 11 nitrogen and oxygen atoms in total. The number of benzene rings is 1. The maximum atomic E-state index is 15.6. The van der Waals surface area contributed by atoms with Gasteiger partial charge in [0.05, 0.1) is 36.4 Å². The van der Waals surface area contributed by atoms with Gasteiger partial charge >= 0.3 is 12.1 Å². The van der Waals surface area contributed by atoms with E-state index in [1.54, 1.807) is 48.6 Å². The normalized spacial score (nSPS) is 21.8. The van der Waals surface area contributed by atoms with Gasteiger partial charge in [-0.2, -0.15) is 13.5 Å². The highest BCUT2D eigenvalue weighted by atomic mass is 32.2. The number of aryl methyl sites for hydroxylation is 1. The lowest BCUT2D eigenvalue weighted by Crippen LogP contribution is -2.47. The minimum Gasteiger partial charge on any atom is -0.459 e. The molecule has 0 radical (unpaired) electrons. The number of hydrogen-bond acceptors (Lipinski definition) is 9. The van der Waals surface area contributed by atoms with E-state index < -0.39 is 69.5 Å². The average Bonchev–Trinajstić information content (AvgIpc) is 3.30. The molecule has 3 unspecified atom stereocenters. The van der Waals surface area contributed by atoms with E-state index in [2.05, 4.69) is 10.1 Å². The van der Waals surface area contributed by atoms with Gasteiger partial charge in [-0.15, -0.1) is 0 Å². The van der Waals surface area contributed by atoms with Gasteiger partial charge in [0.2, 0.25) is 0 Å². The topological polar surface area (TPSA) is 130 Å². The van der Waals surface area contributed by atoms with E-state index in [-0.39, 0.29) is 17.7 Å². The Morgan fingerprint density at radius 3 is 2.20 bits per heavy atom. The summed E-state index contributed by atoms with van der Waals surface area (Å²) in [5.74, 6) is -3.86. The molecular formula is C31H38F2N4O7S. The molecule has 14 heteroatoms. The zero-order valence-corrected chi connectivity index (χ0v) is 27.3. The van der Waals surface area contributed by atoms with Crippen LogP contribution < -0.4 is 0 Å². The van der Waals surface area contributed by atoms with Crippen LogP contribution in [0, 0.1) is 11.7 Å². The maximum Gasteiger partial charge on any atom is 0.415 e. The van der Waals surface area contributed by atoms with Crippen molar-refractivity contribution in [2.75, 3.05) is 12.9 Å². The van der Waals surface area contributed by atoms with Gasteiger partial charge in [0, 0.05) is 13.5 Å². The summed E-state index contributed by atoms with van der Waals surface area (Å²) in [6.45, 7) is 9.59. The van der Waals surface area contributed by atoms with Crippen LogP contribution in [-0.2, 0) is 35.6 Å². The highest BCUT2D eigenvalue weighted by Gasteiger charge is 2.50. The zero-order valence-electron chi connectivity index (χ0n) is 26.5. The second-order valence-electron chi connectivity index (χ2n) is 12.9. The van der Waals surface area contributed by atoms with Crippen molar-refractivity contribution in [2.24, 2.45) is 13.0 Å². The first-order valence-corrected chi connectivity index (χ1v) is 16.1. The molecule has 0 bridgehead atoms. The number of halogens is 2. The molecule has 0 spiro atoms. The Morgan fingerprint density at radius 2 is 1.67 bits per heavy atom. The van der Waals surface area contributed by atoms with Crippen LogP contribution in [0.5, 0.6) is 0 Å². The first-order chi connectivity index (χ1) is 20.8. The van der Waals surface area contributed by atoms with Crippen molar-refractivity contribution in [2.45, 2.75) is 71.1 Å². The molecule has 2 heterocycles. The summed E-state index contributed by atoms with van der Waals surface area (Å²) in [5, 5.41) is 4.21. The minimum absolute atomic E-state index is 0.00204. The molecule has 2 aromatic rings. The number of nitrogens with zero attached hydrogens (tertiary/aromatic N) is 4. The number of esters is 1. The predicted molar refractivity (Wildman–Crippen MR) is 160 cm³/mol. The zero-order chi connectivity index (χ0) is 33.5. The molecule has 0 N–H and O–H groups in total. The molecule has 4 rings (SSSR count). The molecule has 1 aromatic carbocycles. The van der Waals surface area contributed by atoms with Crippen molar-refractivity contribution < 1.29 is 40.4 Å². The Morgan fingerprint density at radius 1 is 1.04 bits per heavy atom. The van der Waals surface area contributed by atoms with E-state index in [0.29, 0.717) is 17.0 Å². The number of hydrogen-bond donors (Lipinski definition) is 0. The van der Waals surface area contributed by atoms with Gasteiger partial charge in [0.1, 0.15) is 35.0 Å². The van der Waals surface area contributed by atoms with E-state index in [1.807, 2.05) is 0 Å². The van der Waals surface area contributed by atoms with E-state index in [9.17, 15) is 22.4 Å². The monoisotopic (exact) mass is 648 g/mol. The molecule has 1 aromatic heterocycles. The van der Waals surface area contributed by atoms with Crippen LogP contribution >= 0.6 is 0 Å². The third-order valence-electron chi connectivity index (χ3n) is 6.92. The van der Waals surface area contributed by atoms with Crippen LogP contribution in [0.2, 0.25) is 0 Å². The number of aromatic nitrogens is 3. The Bertz CT molecular complexity index is 1670. The van der Waals surface area contributed by atoms with E-state index in [1.165, 1.54) is 46.3 Å². The maximum absolute atomic E-state index is 15.6. The van der Waals surface area contributed by atoms with Crippen molar-refractivity contribution in [1.82, 2.24) is 19.7 Å². The fraction of sp³-hybridized carbons (Fsp3) is 0.484. The van der Waals surface area contributed by atoms with Gasteiger partial charge in [0.25, 0.3) is 10.1 Å².